The predicted molar refractivity (Wildman–Crippen MR) is 147 cm³/mol. The number of rotatable bonds is 10. The van der Waals surface area contributed by atoms with Crippen molar-refractivity contribution in [3.63, 3.8) is 0 Å². The Bertz CT molecular complexity index is 1230. The third-order valence-electron chi connectivity index (χ3n) is 8.58. The fourth-order valence-corrected chi connectivity index (χ4v) is 6.56. The van der Waals surface area contributed by atoms with Gasteiger partial charge in [0.1, 0.15) is 0 Å². The fraction of sp³-hybridized carbons (Fsp3) is 0.533. The Balaban J connectivity index is 1.13. The highest BCUT2D eigenvalue weighted by molar-refractivity contribution is 7.90. The lowest BCUT2D eigenvalue weighted by Crippen LogP contribution is -2.45. The van der Waals surface area contributed by atoms with E-state index in [0.717, 1.165) is 63.0 Å². The number of carbonyl (C=O) groups is 2. The highest BCUT2D eigenvalue weighted by Gasteiger charge is 2.47. The van der Waals surface area contributed by atoms with Gasteiger partial charge in [-0.25, -0.2) is 8.42 Å². The quantitative estimate of drug-likeness (QED) is 0.496. The molecule has 7 nitrogen and oxygen atoms in total. The molecule has 1 N–H and O–H groups in total. The van der Waals surface area contributed by atoms with Crippen LogP contribution in [0.15, 0.2) is 59.5 Å². The van der Waals surface area contributed by atoms with E-state index in [1.807, 2.05) is 35.2 Å². The van der Waals surface area contributed by atoms with Gasteiger partial charge in [-0.15, -0.1) is 0 Å². The number of carbonyl (C=O) groups excluding carboxylic acids is 2. The van der Waals surface area contributed by atoms with Gasteiger partial charge in [-0.2, -0.15) is 0 Å². The number of hydrogen-bond donors (Lipinski definition) is 1. The van der Waals surface area contributed by atoms with Crippen LogP contribution in [0.3, 0.4) is 0 Å². The molecule has 3 fully saturated rings. The molecular formula is C30H39N3O4S. The third kappa shape index (κ3) is 6.46. The zero-order valence-corrected chi connectivity index (χ0v) is 23.1. The van der Waals surface area contributed by atoms with E-state index in [9.17, 15) is 18.0 Å². The van der Waals surface area contributed by atoms with E-state index in [4.69, 9.17) is 0 Å². The molecule has 3 aliphatic rings. The summed E-state index contributed by atoms with van der Waals surface area (Å²) in [4.78, 5) is 30.7. The van der Waals surface area contributed by atoms with Crippen molar-refractivity contribution in [3.05, 3.63) is 65.7 Å². The van der Waals surface area contributed by atoms with Gasteiger partial charge in [0, 0.05) is 32.3 Å². The summed E-state index contributed by atoms with van der Waals surface area (Å²) in [6.07, 6.45) is 7.64. The average Bonchev–Trinajstić information content (AvgIpc) is 3.68. The molecule has 2 amide bonds. The van der Waals surface area contributed by atoms with Gasteiger partial charge < -0.3 is 15.1 Å². The van der Waals surface area contributed by atoms with Crippen molar-refractivity contribution >= 4 is 21.7 Å². The third-order valence-corrected chi connectivity index (χ3v) is 9.71. The Labute approximate surface area is 226 Å². The molecule has 38 heavy (non-hydrogen) atoms. The van der Waals surface area contributed by atoms with E-state index in [0.29, 0.717) is 23.8 Å². The number of hydrogen-bond acceptors (Lipinski definition) is 5. The summed E-state index contributed by atoms with van der Waals surface area (Å²) in [6.45, 7) is 3.94. The van der Waals surface area contributed by atoms with Crippen LogP contribution in [0, 0.1) is 11.3 Å². The average molecular weight is 538 g/mol. The number of likely N-dealkylation sites (tertiary alicyclic amines) is 2. The molecule has 0 radical (unpaired) electrons. The normalized spacial score (nSPS) is 20.6. The summed E-state index contributed by atoms with van der Waals surface area (Å²) in [5.74, 6) is 0.959. The molecule has 0 bridgehead atoms. The molecule has 1 aliphatic carbocycles. The van der Waals surface area contributed by atoms with Crippen molar-refractivity contribution in [1.82, 2.24) is 15.1 Å². The Morgan fingerprint density at radius 3 is 2.29 bits per heavy atom. The Hall–Kier alpha value is -2.71. The van der Waals surface area contributed by atoms with E-state index in [1.54, 1.807) is 12.1 Å². The molecule has 2 aromatic rings. The number of piperidine rings is 1. The van der Waals surface area contributed by atoms with Crippen molar-refractivity contribution in [3.8, 4) is 0 Å². The van der Waals surface area contributed by atoms with Crippen molar-refractivity contribution in [2.24, 2.45) is 11.3 Å². The van der Waals surface area contributed by atoms with Crippen LogP contribution in [0.4, 0.5) is 0 Å². The van der Waals surface area contributed by atoms with E-state index >= 15 is 0 Å². The largest absolute Gasteiger partial charge is 0.349 e. The van der Waals surface area contributed by atoms with Crippen LogP contribution in [-0.2, 0) is 26.0 Å². The maximum Gasteiger partial charge on any atom is 0.229 e. The van der Waals surface area contributed by atoms with Crippen LogP contribution in [-0.4, -0.2) is 62.5 Å². The van der Waals surface area contributed by atoms with Gasteiger partial charge >= 0.3 is 0 Å². The lowest BCUT2D eigenvalue weighted by Gasteiger charge is -2.38. The molecule has 0 unspecified atom stereocenters. The Morgan fingerprint density at radius 1 is 1.00 bits per heavy atom. The summed E-state index contributed by atoms with van der Waals surface area (Å²) >= 11 is 0. The standard InChI is InChI=1S/C30H39N3O4S/c1-38(36,37)26-11-9-24(10-12-26)22-33-20-16-30(29(33)35)14-18-32(19-15-30)17-13-27(25-5-3-2-4-6-25)31-28(34)21-23-7-8-23/h2-6,9-12,23,27H,7-8,13-22H2,1H3,(H,31,34)/t27-/m0/s1. The molecule has 2 aromatic carbocycles. The van der Waals surface area contributed by atoms with Gasteiger partial charge in [0.15, 0.2) is 9.84 Å². The van der Waals surface area contributed by atoms with Crippen molar-refractivity contribution in [2.45, 2.75) is 62.4 Å². The molecule has 2 heterocycles. The number of nitrogens with one attached hydrogen (secondary N) is 1. The van der Waals surface area contributed by atoms with E-state index in [-0.39, 0.29) is 23.3 Å². The van der Waals surface area contributed by atoms with Crippen LogP contribution in [0.5, 0.6) is 0 Å². The smallest absolute Gasteiger partial charge is 0.229 e. The second-order valence-electron chi connectivity index (χ2n) is 11.5. The lowest BCUT2D eigenvalue weighted by molar-refractivity contribution is -0.139. The number of sulfone groups is 1. The molecular weight excluding hydrogens is 498 g/mol. The first-order valence-corrected chi connectivity index (χ1v) is 15.8. The molecule has 8 heteroatoms. The molecule has 0 aromatic heterocycles. The highest BCUT2D eigenvalue weighted by atomic mass is 32.2. The van der Waals surface area contributed by atoms with E-state index in [1.165, 1.54) is 19.1 Å². The van der Waals surface area contributed by atoms with E-state index < -0.39 is 9.84 Å². The maximum absolute atomic E-state index is 13.4. The summed E-state index contributed by atoms with van der Waals surface area (Å²) < 4.78 is 23.5. The first-order valence-electron chi connectivity index (χ1n) is 13.9. The van der Waals surface area contributed by atoms with Gasteiger partial charge in [-0.05, 0) is 80.8 Å². The van der Waals surface area contributed by atoms with Crippen LogP contribution >= 0.6 is 0 Å². The highest BCUT2D eigenvalue weighted by Crippen LogP contribution is 2.42. The van der Waals surface area contributed by atoms with Crippen LogP contribution in [0.25, 0.3) is 0 Å². The second-order valence-corrected chi connectivity index (χ2v) is 13.5. The van der Waals surface area contributed by atoms with Gasteiger partial charge in [0.25, 0.3) is 0 Å². The first kappa shape index (κ1) is 26.9. The molecule has 1 spiro atoms. The first-order chi connectivity index (χ1) is 18.2. The van der Waals surface area contributed by atoms with Crippen LogP contribution < -0.4 is 5.32 Å². The maximum atomic E-state index is 13.4. The molecule has 5 rings (SSSR count). The minimum Gasteiger partial charge on any atom is -0.349 e. The summed E-state index contributed by atoms with van der Waals surface area (Å²) in [5, 5.41) is 3.28. The lowest BCUT2D eigenvalue weighted by atomic mass is 9.77. The minimum atomic E-state index is -3.23. The monoisotopic (exact) mass is 537 g/mol. The predicted octanol–water partition coefficient (Wildman–Crippen LogP) is 3.95. The molecule has 1 saturated carbocycles. The Morgan fingerprint density at radius 2 is 1.66 bits per heavy atom. The van der Waals surface area contributed by atoms with E-state index in [2.05, 4.69) is 22.3 Å². The van der Waals surface area contributed by atoms with Crippen molar-refractivity contribution in [1.29, 1.82) is 0 Å². The summed E-state index contributed by atoms with van der Waals surface area (Å²) in [7, 11) is -3.23. The van der Waals surface area contributed by atoms with Crippen molar-refractivity contribution < 1.29 is 18.0 Å². The van der Waals surface area contributed by atoms with Gasteiger partial charge in [-0.3, -0.25) is 9.59 Å². The van der Waals surface area contributed by atoms with Crippen LogP contribution in [0.2, 0.25) is 0 Å². The summed E-state index contributed by atoms with van der Waals surface area (Å²) in [5.41, 5.74) is 1.83. The van der Waals surface area contributed by atoms with Gasteiger partial charge in [-0.1, -0.05) is 42.5 Å². The topological polar surface area (TPSA) is 86.8 Å². The summed E-state index contributed by atoms with van der Waals surface area (Å²) in [6, 6.07) is 17.1. The SMILES string of the molecule is CS(=O)(=O)c1ccc(CN2CCC3(CCN(CC[C@H](NC(=O)CC4CC4)c4ccccc4)CC3)C2=O)cc1. The molecule has 1 atom stereocenters. The number of amides is 2. The fourth-order valence-electron chi connectivity index (χ4n) is 5.93. The zero-order valence-electron chi connectivity index (χ0n) is 22.3. The van der Waals surface area contributed by atoms with Crippen molar-refractivity contribution in [2.75, 3.05) is 32.4 Å². The number of benzene rings is 2. The van der Waals surface area contributed by atoms with Gasteiger partial charge in [0.05, 0.1) is 16.4 Å². The molecule has 2 aliphatic heterocycles. The minimum absolute atomic E-state index is 0.0102. The van der Waals surface area contributed by atoms with Gasteiger partial charge in [0.2, 0.25) is 11.8 Å². The molecule has 2 saturated heterocycles. The zero-order chi connectivity index (χ0) is 26.8. The number of nitrogens with zero attached hydrogens (tertiary/aromatic N) is 2. The Kier molecular flexibility index (Phi) is 7.91. The van der Waals surface area contributed by atoms with Crippen LogP contribution in [0.1, 0.15) is 62.1 Å². The molecule has 204 valence electrons. The second kappa shape index (κ2) is 11.2.